The van der Waals surface area contributed by atoms with Crippen molar-refractivity contribution in [3.8, 4) is 0 Å². The molecule has 16 heavy (non-hydrogen) atoms. The summed E-state index contributed by atoms with van der Waals surface area (Å²) in [5, 5.41) is 14.0. The third-order valence-electron chi connectivity index (χ3n) is 3.25. The average Bonchev–Trinajstić information content (AvgIpc) is 2.82. The maximum atomic E-state index is 4.26. The fourth-order valence-electron chi connectivity index (χ4n) is 2.35. The first kappa shape index (κ1) is 9.78. The maximum Gasteiger partial charge on any atom is 0.0924 e. The Hall–Kier alpha value is -1.42. The summed E-state index contributed by atoms with van der Waals surface area (Å²) in [6, 6.07) is 8.23. The predicted molar refractivity (Wildman–Crippen MR) is 62.3 cm³/mol. The normalized spacial score (nSPS) is 23.5. The van der Waals surface area contributed by atoms with Crippen LogP contribution >= 0.6 is 0 Å². The summed E-state index contributed by atoms with van der Waals surface area (Å²) in [5.74, 6) is 0.726. The minimum absolute atomic E-state index is 0.726. The molecule has 0 saturated carbocycles. The average molecular weight is 216 g/mol. The van der Waals surface area contributed by atoms with Gasteiger partial charge in [0.1, 0.15) is 0 Å². The Kier molecular flexibility index (Phi) is 2.58. The highest BCUT2D eigenvalue weighted by atomic mass is 15.5. The summed E-state index contributed by atoms with van der Waals surface area (Å²) in [6.07, 6.45) is 1.26. The van der Waals surface area contributed by atoms with Gasteiger partial charge >= 0.3 is 0 Å². The van der Waals surface area contributed by atoms with Crippen LogP contribution in [0.1, 0.15) is 12.0 Å². The lowest BCUT2D eigenvalue weighted by atomic mass is 10.1. The summed E-state index contributed by atoms with van der Waals surface area (Å²) >= 11 is 0. The molecule has 2 heterocycles. The van der Waals surface area contributed by atoms with Crippen LogP contribution in [0, 0.1) is 5.92 Å². The van der Waals surface area contributed by atoms with Gasteiger partial charge in [0.15, 0.2) is 0 Å². The van der Waals surface area contributed by atoms with Crippen LogP contribution in [0.3, 0.4) is 0 Å². The van der Waals surface area contributed by atoms with Crippen LogP contribution in [0.2, 0.25) is 0 Å². The Morgan fingerprint density at radius 2 is 2.31 bits per heavy atom. The van der Waals surface area contributed by atoms with Gasteiger partial charge in [-0.1, -0.05) is 23.4 Å². The topological polar surface area (TPSA) is 40.0 Å². The molecular formula is C12H16N4. The van der Waals surface area contributed by atoms with Crippen LogP contribution in [-0.2, 0) is 6.54 Å². The van der Waals surface area contributed by atoms with E-state index in [-0.39, 0.29) is 0 Å². The van der Waals surface area contributed by atoms with Gasteiger partial charge in [0.05, 0.1) is 12.2 Å². The molecule has 2 aliphatic rings. The Labute approximate surface area is 95.3 Å². The molecule has 1 aromatic rings. The van der Waals surface area contributed by atoms with E-state index in [1.54, 1.807) is 0 Å². The Bertz CT molecular complexity index is 396. The third-order valence-corrected chi connectivity index (χ3v) is 3.25. The molecule has 4 nitrogen and oxygen atoms in total. The number of nitrogens with one attached hydrogen (secondary N) is 1. The first-order valence-electron chi connectivity index (χ1n) is 5.87. The van der Waals surface area contributed by atoms with Crippen molar-refractivity contribution in [1.29, 1.82) is 0 Å². The van der Waals surface area contributed by atoms with Gasteiger partial charge in [-0.2, -0.15) is 0 Å². The summed E-state index contributed by atoms with van der Waals surface area (Å²) in [6.45, 7) is 4.18. The van der Waals surface area contributed by atoms with Crippen LogP contribution in [0.15, 0.2) is 34.6 Å². The second-order valence-electron chi connectivity index (χ2n) is 4.52. The Balaban J connectivity index is 1.68. The molecule has 1 fully saturated rings. The molecule has 0 aromatic heterocycles. The van der Waals surface area contributed by atoms with Gasteiger partial charge in [0, 0.05) is 12.1 Å². The van der Waals surface area contributed by atoms with Crippen molar-refractivity contribution in [2.24, 2.45) is 16.3 Å². The molecule has 4 heteroatoms. The van der Waals surface area contributed by atoms with Crippen LogP contribution in [0.4, 0.5) is 5.69 Å². The van der Waals surface area contributed by atoms with E-state index in [1.165, 1.54) is 12.0 Å². The zero-order chi connectivity index (χ0) is 10.8. The first-order valence-corrected chi connectivity index (χ1v) is 5.87. The van der Waals surface area contributed by atoms with Gasteiger partial charge < -0.3 is 5.32 Å². The molecule has 0 radical (unpaired) electrons. The highest BCUT2D eigenvalue weighted by Gasteiger charge is 2.20. The van der Waals surface area contributed by atoms with E-state index in [4.69, 9.17) is 0 Å². The molecule has 0 spiro atoms. The van der Waals surface area contributed by atoms with Gasteiger partial charge in [-0.25, -0.2) is 0 Å². The summed E-state index contributed by atoms with van der Waals surface area (Å²) in [4.78, 5) is 0. The van der Waals surface area contributed by atoms with Gasteiger partial charge in [-0.15, -0.1) is 5.11 Å². The number of benzene rings is 1. The maximum absolute atomic E-state index is 4.26. The number of hydrogen-bond donors (Lipinski definition) is 1. The van der Waals surface area contributed by atoms with Crippen LogP contribution < -0.4 is 5.32 Å². The lowest BCUT2D eigenvalue weighted by molar-refractivity contribution is 0.218. The number of nitrogens with zero attached hydrogens (tertiary/aromatic N) is 3. The second kappa shape index (κ2) is 4.22. The molecule has 1 aromatic carbocycles. The SMILES string of the molecule is c1ccc2c(c1)CN(C[C@@H]1CCNC1)N=N2. The first-order chi connectivity index (χ1) is 7.92. The number of rotatable bonds is 2. The molecule has 0 amide bonds. The van der Waals surface area contributed by atoms with Crippen LogP contribution in [-0.4, -0.2) is 24.6 Å². The summed E-state index contributed by atoms with van der Waals surface area (Å²) in [7, 11) is 0. The molecule has 1 saturated heterocycles. The number of hydrogen-bond acceptors (Lipinski definition) is 4. The monoisotopic (exact) mass is 216 g/mol. The molecule has 1 atom stereocenters. The van der Waals surface area contributed by atoms with E-state index >= 15 is 0 Å². The van der Waals surface area contributed by atoms with Gasteiger partial charge in [0.2, 0.25) is 0 Å². The van der Waals surface area contributed by atoms with Gasteiger partial charge in [-0.3, -0.25) is 5.01 Å². The van der Waals surface area contributed by atoms with Gasteiger partial charge in [0.25, 0.3) is 0 Å². The van der Waals surface area contributed by atoms with Crippen molar-refractivity contribution >= 4 is 5.69 Å². The van der Waals surface area contributed by atoms with Crippen LogP contribution in [0.25, 0.3) is 0 Å². The van der Waals surface area contributed by atoms with Crippen molar-refractivity contribution in [1.82, 2.24) is 10.3 Å². The molecule has 0 aliphatic carbocycles. The minimum atomic E-state index is 0.726. The summed E-state index contributed by atoms with van der Waals surface area (Å²) in [5.41, 5.74) is 2.30. The van der Waals surface area contributed by atoms with E-state index in [0.717, 1.165) is 37.8 Å². The Morgan fingerprint density at radius 1 is 1.38 bits per heavy atom. The van der Waals surface area contributed by atoms with E-state index in [9.17, 15) is 0 Å². The lowest BCUT2D eigenvalue weighted by Gasteiger charge is -2.24. The van der Waals surface area contributed by atoms with Crippen molar-refractivity contribution < 1.29 is 0 Å². The lowest BCUT2D eigenvalue weighted by Crippen LogP contribution is -2.26. The smallest absolute Gasteiger partial charge is 0.0924 e. The van der Waals surface area contributed by atoms with E-state index in [0.29, 0.717) is 0 Å². The molecular weight excluding hydrogens is 200 g/mol. The second-order valence-corrected chi connectivity index (χ2v) is 4.52. The summed E-state index contributed by atoms with van der Waals surface area (Å²) < 4.78 is 0. The Morgan fingerprint density at radius 3 is 3.19 bits per heavy atom. The largest absolute Gasteiger partial charge is 0.316 e. The quantitative estimate of drug-likeness (QED) is 0.822. The highest BCUT2D eigenvalue weighted by molar-refractivity contribution is 5.45. The van der Waals surface area contributed by atoms with Crippen LogP contribution in [0.5, 0.6) is 0 Å². The fraction of sp³-hybridized carbons (Fsp3) is 0.500. The standard InChI is InChI=1S/C12H16N4/c1-2-4-12-11(3-1)9-16(15-14-12)8-10-5-6-13-7-10/h1-4,10,13H,5-9H2/t10-/m1/s1. The van der Waals surface area contributed by atoms with Crippen molar-refractivity contribution in [2.75, 3.05) is 19.6 Å². The zero-order valence-corrected chi connectivity index (χ0v) is 9.26. The fourth-order valence-corrected chi connectivity index (χ4v) is 2.35. The molecule has 0 unspecified atom stereocenters. The highest BCUT2D eigenvalue weighted by Crippen LogP contribution is 2.26. The van der Waals surface area contributed by atoms with Crippen molar-refractivity contribution in [3.05, 3.63) is 29.8 Å². The molecule has 2 aliphatic heterocycles. The number of fused-ring (bicyclic) bond motifs is 1. The van der Waals surface area contributed by atoms with E-state index < -0.39 is 0 Å². The van der Waals surface area contributed by atoms with Crippen molar-refractivity contribution in [2.45, 2.75) is 13.0 Å². The minimum Gasteiger partial charge on any atom is -0.316 e. The predicted octanol–water partition coefficient (Wildman–Crippen LogP) is 2.11. The zero-order valence-electron chi connectivity index (χ0n) is 9.26. The molecule has 84 valence electrons. The third kappa shape index (κ3) is 1.93. The van der Waals surface area contributed by atoms with E-state index in [2.05, 4.69) is 32.8 Å². The van der Waals surface area contributed by atoms with Crippen molar-refractivity contribution in [3.63, 3.8) is 0 Å². The van der Waals surface area contributed by atoms with E-state index in [1.807, 2.05) is 12.1 Å². The molecule has 0 bridgehead atoms. The van der Waals surface area contributed by atoms with Gasteiger partial charge in [-0.05, 0) is 31.5 Å². The molecule has 3 rings (SSSR count). The molecule has 1 N–H and O–H groups in total.